The number of hydrogen-bond acceptors (Lipinski definition) is 0. The van der Waals surface area contributed by atoms with E-state index in [1.54, 1.807) is 12.1 Å². The Morgan fingerprint density at radius 3 is 2.35 bits per heavy atom. The second-order valence-corrected chi connectivity index (χ2v) is 4.39. The molecule has 2 heteroatoms. The van der Waals surface area contributed by atoms with Crippen LogP contribution in [-0.4, -0.2) is 24.1 Å². The quantitative estimate of drug-likeness (QED) is 0.500. The molecule has 0 radical (unpaired) electrons. The normalized spacial score (nSPS) is 11.2. The predicted molar refractivity (Wildman–Crippen MR) is 71.0 cm³/mol. The zero-order chi connectivity index (χ0) is 12.7. The van der Waals surface area contributed by atoms with Crippen molar-refractivity contribution in [3.05, 3.63) is 61.0 Å². The summed E-state index contributed by atoms with van der Waals surface area (Å²) in [5.41, 5.74) is 1.02. The van der Waals surface area contributed by atoms with E-state index in [9.17, 15) is 4.39 Å². The van der Waals surface area contributed by atoms with Crippen molar-refractivity contribution < 1.29 is 8.87 Å². The van der Waals surface area contributed by atoms with Crippen LogP contribution in [0.4, 0.5) is 4.39 Å². The molecule has 1 rings (SSSR count). The molecule has 0 aliphatic carbocycles. The third kappa shape index (κ3) is 3.82. The molecule has 0 atom stereocenters. The first kappa shape index (κ1) is 13.7. The lowest BCUT2D eigenvalue weighted by atomic mass is 10.1. The van der Waals surface area contributed by atoms with E-state index in [-0.39, 0.29) is 5.82 Å². The van der Waals surface area contributed by atoms with Crippen molar-refractivity contribution in [1.29, 1.82) is 0 Å². The maximum atomic E-state index is 13.2. The summed E-state index contributed by atoms with van der Waals surface area (Å²) in [6.45, 7) is 13.3. The molecule has 1 nitrogen and oxygen atoms in total. The molecule has 0 aliphatic heterocycles. The van der Waals surface area contributed by atoms with Gasteiger partial charge in [0.15, 0.2) is 0 Å². The smallest absolute Gasteiger partial charge is 0.123 e. The molecule has 1 aromatic rings. The molecule has 0 aromatic heterocycles. The summed E-state index contributed by atoms with van der Waals surface area (Å²) in [6, 6.07) is 6.81. The fourth-order valence-corrected chi connectivity index (χ4v) is 2.14. The molecule has 0 fully saturated rings. The second-order valence-electron chi connectivity index (χ2n) is 4.39. The third-order valence-electron chi connectivity index (χ3n) is 3.11. The van der Waals surface area contributed by atoms with E-state index in [4.69, 9.17) is 0 Å². The summed E-state index contributed by atoms with van der Waals surface area (Å²) < 4.78 is 14.0. The Kier molecular flexibility index (Phi) is 5.11. The van der Waals surface area contributed by atoms with Crippen LogP contribution in [0.3, 0.4) is 0 Å². The van der Waals surface area contributed by atoms with Crippen molar-refractivity contribution in [2.75, 3.05) is 19.6 Å². The van der Waals surface area contributed by atoms with Gasteiger partial charge in [0.1, 0.15) is 12.4 Å². The average molecular weight is 234 g/mol. The molecule has 0 heterocycles. The van der Waals surface area contributed by atoms with E-state index in [0.29, 0.717) is 0 Å². The molecule has 0 bridgehead atoms. The summed E-state index contributed by atoms with van der Waals surface area (Å²) in [5.74, 6) is -0.172. The highest BCUT2D eigenvalue weighted by molar-refractivity contribution is 5.15. The van der Waals surface area contributed by atoms with Gasteiger partial charge in [-0.3, -0.25) is 0 Å². The van der Waals surface area contributed by atoms with Gasteiger partial charge in [0, 0.05) is 5.56 Å². The minimum atomic E-state index is -0.172. The van der Waals surface area contributed by atoms with Gasteiger partial charge in [0.05, 0.1) is 19.6 Å². The van der Waals surface area contributed by atoms with Crippen LogP contribution >= 0.6 is 0 Å². The van der Waals surface area contributed by atoms with Gasteiger partial charge in [0.2, 0.25) is 0 Å². The van der Waals surface area contributed by atoms with E-state index in [0.717, 1.165) is 36.2 Å². The summed E-state index contributed by atoms with van der Waals surface area (Å²) in [6.07, 6.45) is 3.85. The lowest BCUT2D eigenvalue weighted by Gasteiger charge is -2.36. The van der Waals surface area contributed by atoms with Crippen LogP contribution in [-0.2, 0) is 6.54 Å². The Bertz CT molecular complexity index is 374. The Morgan fingerprint density at radius 2 is 1.88 bits per heavy atom. The largest absolute Gasteiger partial charge is 0.314 e. The van der Waals surface area contributed by atoms with E-state index < -0.39 is 0 Å². The highest BCUT2D eigenvalue weighted by atomic mass is 19.1. The zero-order valence-corrected chi connectivity index (χ0v) is 10.5. The predicted octanol–water partition coefficient (Wildman–Crippen LogP) is 3.53. The number of nitrogens with zero attached hydrogens (tertiary/aromatic N) is 1. The van der Waals surface area contributed by atoms with Crippen molar-refractivity contribution in [2.45, 2.75) is 13.5 Å². The van der Waals surface area contributed by atoms with Crippen LogP contribution in [0, 0.1) is 5.82 Å². The minimum absolute atomic E-state index is 0.172. The molecule has 0 N–H and O–H groups in total. The molecule has 0 unspecified atom stereocenters. The van der Waals surface area contributed by atoms with Crippen molar-refractivity contribution >= 4 is 0 Å². The molecule has 17 heavy (non-hydrogen) atoms. The molecule has 0 saturated carbocycles. The summed E-state index contributed by atoms with van der Waals surface area (Å²) >= 11 is 0. The van der Waals surface area contributed by atoms with E-state index >= 15 is 0 Å². The Morgan fingerprint density at radius 1 is 1.24 bits per heavy atom. The summed E-state index contributed by atoms with van der Waals surface area (Å²) in [4.78, 5) is 0. The standard InChI is InChI=1S/C15H21FN/c1-4-10-17(6-3,11-5-2)13-14-8-7-9-15(16)12-14/h4-5,7-9,12H,1-2,6,10-11,13H2,3H3/q+1. The van der Waals surface area contributed by atoms with Crippen LogP contribution in [0.15, 0.2) is 49.6 Å². The molecule has 92 valence electrons. The van der Waals surface area contributed by atoms with Gasteiger partial charge >= 0.3 is 0 Å². The van der Waals surface area contributed by atoms with Gasteiger partial charge in [-0.15, -0.1) is 0 Å². The van der Waals surface area contributed by atoms with E-state index in [1.807, 2.05) is 18.2 Å². The van der Waals surface area contributed by atoms with Crippen LogP contribution in [0.1, 0.15) is 12.5 Å². The zero-order valence-electron chi connectivity index (χ0n) is 10.5. The molecule has 0 aliphatic rings. The Labute approximate surface area is 103 Å². The van der Waals surface area contributed by atoms with Gasteiger partial charge in [0.25, 0.3) is 0 Å². The lowest BCUT2D eigenvalue weighted by molar-refractivity contribution is -0.928. The monoisotopic (exact) mass is 234 g/mol. The molecular formula is C15H21FN+. The number of likely N-dealkylation sites (N-methyl/N-ethyl adjacent to an activating group) is 1. The average Bonchev–Trinajstić information content (AvgIpc) is 2.29. The van der Waals surface area contributed by atoms with Crippen LogP contribution < -0.4 is 0 Å². The number of halogens is 1. The maximum absolute atomic E-state index is 13.2. The Balaban J connectivity index is 2.91. The lowest BCUT2D eigenvalue weighted by Crippen LogP contribution is -2.47. The van der Waals surface area contributed by atoms with E-state index in [2.05, 4.69) is 20.1 Å². The first-order chi connectivity index (χ1) is 8.15. The summed E-state index contributed by atoms with van der Waals surface area (Å²) in [7, 11) is 0. The van der Waals surface area contributed by atoms with Gasteiger partial charge < -0.3 is 4.48 Å². The topological polar surface area (TPSA) is 0 Å². The second kappa shape index (κ2) is 6.36. The fraction of sp³-hybridized carbons (Fsp3) is 0.333. The fourth-order valence-electron chi connectivity index (χ4n) is 2.14. The van der Waals surface area contributed by atoms with Crippen LogP contribution in [0.2, 0.25) is 0 Å². The minimum Gasteiger partial charge on any atom is -0.314 e. The summed E-state index contributed by atoms with van der Waals surface area (Å²) in [5, 5.41) is 0. The number of rotatable bonds is 7. The van der Waals surface area contributed by atoms with Gasteiger partial charge in [-0.25, -0.2) is 4.39 Å². The molecule has 0 amide bonds. The van der Waals surface area contributed by atoms with Crippen LogP contribution in [0.25, 0.3) is 0 Å². The number of hydrogen-bond donors (Lipinski definition) is 0. The molecule has 0 saturated heterocycles. The van der Waals surface area contributed by atoms with Gasteiger partial charge in [-0.05, 0) is 31.2 Å². The SMILES string of the molecule is C=CC[N+](CC)(CC=C)Cc1cccc(F)c1. The maximum Gasteiger partial charge on any atom is 0.123 e. The Hall–Kier alpha value is -1.41. The highest BCUT2D eigenvalue weighted by Crippen LogP contribution is 2.15. The highest BCUT2D eigenvalue weighted by Gasteiger charge is 2.22. The van der Waals surface area contributed by atoms with Gasteiger partial charge in [-0.1, -0.05) is 25.3 Å². The van der Waals surface area contributed by atoms with Crippen LogP contribution in [0.5, 0.6) is 0 Å². The van der Waals surface area contributed by atoms with Crippen molar-refractivity contribution in [1.82, 2.24) is 0 Å². The molecule has 0 spiro atoms. The number of benzene rings is 1. The first-order valence-electron chi connectivity index (χ1n) is 5.97. The molecule has 1 aromatic carbocycles. The van der Waals surface area contributed by atoms with Crippen molar-refractivity contribution in [3.8, 4) is 0 Å². The first-order valence-corrected chi connectivity index (χ1v) is 5.97. The third-order valence-corrected chi connectivity index (χ3v) is 3.11. The van der Waals surface area contributed by atoms with Gasteiger partial charge in [-0.2, -0.15) is 0 Å². The number of quaternary nitrogens is 1. The van der Waals surface area contributed by atoms with Crippen molar-refractivity contribution in [3.63, 3.8) is 0 Å². The van der Waals surface area contributed by atoms with E-state index in [1.165, 1.54) is 6.07 Å². The molecular weight excluding hydrogens is 213 g/mol. The van der Waals surface area contributed by atoms with Crippen molar-refractivity contribution in [2.24, 2.45) is 0 Å².